The first-order valence-electron chi connectivity index (χ1n) is 5.28. The lowest BCUT2D eigenvalue weighted by Crippen LogP contribution is -2.31. The maximum atomic E-state index is 11.6. The Morgan fingerprint density at radius 2 is 2.35 bits per heavy atom. The second kappa shape index (κ2) is 4.66. The molecule has 17 heavy (non-hydrogen) atoms. The molecule has 0 aliphatic carbocycles. The molecule has 0 atom stereocenters. The molecule has 0 bridgehead atoms. The summed E-state index contributed by atoms with van der Waals surface area (Å²) < 4.78 is 0. The summed E-state index contributed by atoms with van der Waals surface area (Å²) >= 11 is 0. The fourth-order valence-electron chi connectivity index (χ4n) is 1.77. The predicted octanol–water partition coefficient (Wildman–Crippen LogP) is 0.825. The molecule has 2 N–H and O–H groups in total. The van der Waals surface area contributed by atoms with Crippen LogP contribution in [0.5, 0.6) is 0 Å². The number of amides is 2. The van der Waals surface area contributed by atoms with Crippen LogP contribution >= 0.6 is 0 Å². The molecule has 1 aliphatic rings. The molecule has 5 nitrogen and oxygen atoms in total. The third kappa shape index (κ3) is 2.42. The summed E-state index contributed by atoms with van der Waals surface area (Å²) in [5.74, 6) is -0.494. The third-order valence-electron chi connectivity index (χ3n) is 2.56. The van der Waals surface area contributed by atoms with Gasteiger partial charge in [0.15, 0.2) is 0 Å². The van der Waals surface area contributed by atoms with Gasteiger partial charge in [0, 0.05) is 17.8 Å². The summed E-state index contributed by atoms with van der Waals surface area (Å²) in [6.07, 6.45) is 0.608. The quantitative estimate of drug-likeness (QED) is 0.787. The molecule has 5 heteroatoms. The van der Waals surface area contributed by atoms with Crippen molar-refractivity contribution in [2.45, 2.75) is 12.8 Å². The molecule has 0 fully saturated rings. The third-order valence-corrected chi connectivity index (χ3v) is 2.56. The topological polar surface area (TPSA) is 82.0 Å². The van der Waals surface area contributed by atoms with E-state index >= 15 is 0 Å². The zero-order valence-corrected chi connectivity index (χ0v) is 9.12. The van der Waals surface area contributed by atoms with Crippen molar-refractivity contribution in [2.24, 2.45) is 0 Å². The zero-order chi connectivity index (χ0) is 12.3. The van der Waals surface area contributed by atoms with E-state index in [2.05, 4.69) is 10.6 Å². The number of anilines is 1. The van der Waals surface area contributed by atoms with E-state index in [9.17, 15) is 9.59 Å². The van der Waals surface area contributed by atoms with Crippen LogP contribution in [0.25, 0.3) is 0 Å². The van der Waals surface area contributed by atoms with Gasteiger partial charge < -0.3 is 10.6 Å². The van der Waals surface area contributed by atoms with Crippen molar-refractivity contribution in [3.05, 3.63) is 29.3 Å². The van der Waals surface area contributed by atoms with Crippen molar-refractivity contribution in [2.75, 3.05) is 11.9 Å². The number of carbonyl (C=O) groups is 2. The Labute approximate surface area is 98.4 Å². The average molecular weight is 229 g/mol. The second-order valence-corrected chi connectivity index (χ2v) is 3.76. The van der Waals surface area contributed by atoms with E-state index in [0.717, 1.165) is 12.0 Å². The molecule has 1 aromatic rings. The van der Waals surface area contributed by atoms with Crippen molar-refractivity contribution in [3.8, 4) is 6.07 Å². The number of nitriles is 1. The number of nitrogens with one attached hydrogen (secondary N) is 2. The molecule has 1 aliphatic heterocycles. The lowest BCUT2D eigenvalue weighted by atomic mass is 10.00. The van der Waals surface area contributed by atoms with E-state index in [1.165, 1.54) is 0 Å². The molecule has 2 rings (SSSR count). The monoisotopic (exact) mass is 229 g/mol. The van der Waals surface area contributed by atoms with Crippen LogP contribution in [0.15, 0.2) is 18.2 Å². The van der Waals surface area contributed by atoms with Gasteiger partial charge in [0.2, 0.25) is 5.91 Å². The number of carbonyl (C=O) groups excluding carboxylic acids is 2. The number of benzene rings is 1. The van der Waals surface area contributed by atoms with E-state index in [1.54, 1.807) is 18.2 Å². The minimum absolute atomic E-state index is 0.123. The SMILES string of the molecule is N#CCC(=O)Nc1ccc2c(c1)C(=O)NCC2. The number of hydrogen-bond acceptors (Lipinski definition) is 3. The van der Waals surface area contributed by atoms with E-state index in [-0.39, 0.29) is 18.2 Å². The average Bonchev–Trinajstić information content (AvgIpc) is 2.30. The molecule has 0 spiro atoms. The Kier molecular flexibility index (Phi) is 3.06. The Hall–Kier alpha value is -2.35. The summed E-state index contributed by atoms with van der Waals surface area (Å²) in [5.41, 5.74) is 2.11. The normalized spacial score (nSPS) is 13.2. The summed E-state index contributed by atoms with van der Waals surface area (Å²) in [6.45, 7) is 0.645. The maximum Gasteiger partial charge on any atom is 0.251 e. The molecule has 0 aromatic heterocycles. The number of rotatable bonds is 2. The van der Waals surface area contributed by atoms with Gasteiger partial charge >= 0.3 is 0 Å². The van der Waals surface area contributed by atoms with Crippen LogP contribution in [-0.4, -0.2) is 18.4 Å². The summed E-state index contributed by atoms with van der Waals surface area (Å²) in [4.78, 5) is 22.8. The van der Waals surface area contributed by atoms with Crippen LogP contribution in [0.4, 0.5) is 5.69 Å². The van der Waals surface area contributed by atoms with Crippen LogP contribution in [-0.2, 0) is 11.2 Å². The van der Waals surface area contributed by atoms with E-state index in [1.807, 2.05) is 6.07 Å². The second-order valence-electron chi connectivity index (χ2n) is 3.76. The largest absolute Gasteiger partial charge is 0.352 e. The molecule has 86 valence electrons. The molecule has 0 unspecified atom stereocenters. The van der Waals surface area contributed by atoms with Gasteiger partial charge in [0.25, 0.3) is 5.91 Å². The summed E-state index contributed by atoms with van der Waals surface area (Å²) in [5, 5.41) is 13.7. The van der Waals surface area contributed by atoms with Gasteiger partial charge in [-0.15, -0.1) is 0 Å². The van der Waals surface area contributed by atoms with E-state index in [4.69, 9.17) is 5.26 Å². The smallest absolute Gasteiger partial charge is 0.251 e. The molecule has 1 aromatic carbocycles. The fourth-order valence-corrected chi connectivity index (χ4v) is 1.77. The van der Waals surface area contributed by atoms with Crippen molar-refractivity contribution >= 4 is 17.5 Å². The molecule has 1 heterocycles. The van der Waals surface area contributed by atoms with Crippen LogP contribution in [0, 0.1) is 11.3 Å². The number of nitrogens with zero attached hydrogens (tertiary/aromatic N) is 1. The highest BCUT2D eigenvalue weighted by Gasteiger charge is 2.16. The Bertz CT molecular complexity index is 517. The van der Waals surface area contributed by atoms with Gasteiger partial charge in [-0.05, 0) is 24.1 Å². The first-order valence-corrected chi connectivity index (χ1v) is 5.28. The number of fused-ring (bicyclic) bond motifs is 1. The standard InChI is InChI=1S/C12H11N3O2/c13-5-3-11(16)15-9-2-1-8-4-6-14-12(17)10(8)7-9/h1-2,7H,3-4,6H2,(H,14,17)(H,15,16). The highest BCUT2D eigenvalue weighted by Crippen LogP contribution is 2.19. The minimum Gasteiger partial charge on any atom is -0.352 e. The van der Waals surface area contributed by atoms with Gasteiger partial charge in [-0.25, -0.2) is 0 Å². The molecular formula is C12H11N3O2. The maximum absolute atomic E-state index is 11.6. The lowest BCUT2D eigenvalue weighted by Gasteiger charge is -2.17. The van der Waals surface area contributed by atoms with Crippen LogP contribution < -0.4 is 10.6 Å². The van der Waals surface area contributed by atoms with Crippen molar-refractivity contribution in [1.29, 1.82) is 5.26 Å². The van der Waals surface area contributed by atoms with E-state index < -0.39 is 0 Å². The zero-order valence-electron chi connectivity index (χ0n) is 9.12. The highest BCUT2D eigenvalue weighted by atomic mass is 16.2. The minimum atomic E-state index is -0.372. The van der Waals surface area contributed by atoms with Crippen LogP contribution in [0.1, 0.15) is 22.3 Å². The summed E-state index contributed by atoms with van der Waals surface area (Å²) in [7, 11) is 0. The van der Waals surface area contributed by atoms with Gasteiger partial charge in [-0.2, -0.15) is 5.26 Å². The molecule has 0 radical (unpaired) electrons. The molecule has 0 saturated heterocycles. The van der Waals surface area contributed by atoms with Gasteiger partial charge in [0.1, 0.15) is 6.42 Å². The van der Waals surface area contributed by atoms with Crippen molar-refractivity contribution in [3.63, 3.8) is 0 Å². The Morgan fingerprint density at radius 1 is 1.53 bits per heavy atom. The molecular weight excluding hydrogens is 218 g/mol. The Balaban J connectivity index is 2.21. The van der Waals surface area contributed by atoms with Crippen LogP contribution in [0.2, 0.25) is 0 Å². The molecule has 0 saturated carbocycles. The van der Waals surface area contributed by atoms with Crippen molar-refractivity contribution in [1.82, 2.24) is 5.32 Å². The lowest BCUT2D eigenvalue weighted by molar-refractivity contribution is -0.115. The fraction of sp³-hybridized carbons (Fsp3) is 0.250. The summed E-state index contributed by atoms with van der Waals surface area (Å²) in [6, 6.07) is 6.98. The van der Waals surface area contributed by atoms with Crippen LogP contribution in [0.3, 0.4) is 0 Å². The van der Waals surface area contributed by atoms with Gasteiger partial charge in [0.05, 0.1) is 6.07 Å². The van der Waals surface area contributed by atoms with Crippen molar-refractivity contribution < 1.29 is 9.59 Å². The first-order chi connectivity index (χ1) is 8.20. The predicted molar refractivity (Wildman–Crippen MR) is 61.3 cm³/mol. The van der Waals surface area contributed by atoms with E-state index in [0.29, 0.717) is 17.8 Å². The highest BCUT2D eigenvalue weighted by molar-refractivity contribution is 5.99. The number of hydrogen-bond donors (Lipinski definition) is 2. The van der Waals surface area contributed by atoms with Gasteiger partial charge in [-0.1, -0.05) is 6.07 Å². The first kappa shape index (κ1) is 11.1. The molecule has 2 amide bonds. The van der Waals surface area contributed by atoms with Gasteiger partial charge in [-0.3, -0.25) is 9.59 Å². The Morgan fingerprint density at radius 3 is 3.12 bits per heavy atom.